The zero-order chi connectivity index (χ0) is 16.4. The average Bonchev–Trinajstić information content (AvgIpc) is 3.18. The maximum atomic E-state index is 12.6. The largest absolute Gasteiger partial charge is 0.435 e. The van der Waals surface area contributed by atoms with E-state index in [4.69, 9.17) is 0 Å². The van der Waals surface area contributed by atoms with Crippen molar-refractivity contribution in [3.05, 3.63) is 30.1 Å². The lowest BCUT2D eigenvalue weighted by Gasteiger charge is -2.34. The molecule has 23 heavy (non-hydrogen) atoms. The number of aromatic nitrogens is 5. The van der Waals surface area contributed by atoms with Crippen LogP contribution in [-0.2, 0) is 17.5 Å². The summed E-state index contributed by atoms with van der Waals surface area (Å²) in [5.74, 6) is 0.303. The Bertz CT molecular complexity index is 666. The fourth-order valence-corrected chi connectivity index (χ4v) is 2.72. The molecule has 0 aliphatic carbocycles. The number of H-pyrrole nitrogens is 1. The molecular formula is C13H15F3N6O. The number of rotatable bonds is 3. The van der Waals surface area contributed by atoms with Crippen LogP contribution in [0.2, 0.25) is 0 Å². The minimum absolute atomic E-state index is 0.226. The van der Waals surface area contributed by atoms with Crippen LogP contribution in [-0.4, -0.2) is 42.3 Å². The van der Waals surface area contributed by atoms with Crippen LogP contribution in [0.15, 0.2) is 18.6 Å². The highest BCUT2D eigenvalue weighted by Crippen LogP contribution is 2.29. The standard InChI is InChI=1S/C13H15F3N6O/c14-13(15,16)10-4-6-21(20-10)7-11(23)22-5-2-1-3-9(22)12-17-8-18-19-12/h4,6,8-9H,1-3,5,7H2,(H,17,18,19)/t9-/m0/s1. The number of hydrogen-bond donors (Lipinski definition) is 1. The van der Waals surface area contributed by atoms with Gasteiger partial charge in [-0.1, -0.05) is 0 Å². The number of nitrogens with one attached hydrogen (secondary N) is 1. The van der Waals surface area contributed by atoms with Gasteiger partial charge in [0.2, 0.25) is 5.91 Å². The highest BCUT2D eigenvalue weighted by Gasteiger charge is 2.34. The lowest BCUT2D eigenvalue weighted by molar-refractivity contribution is -0.142. The number of nitrogens with zero attached hydrogens (tertiary/aromatic N) is 5. The van der Waals surface area contributed by atoms with Crippen molar-refractivity contribution in [1.82, 2.24) is 29.9 Å². The minimum atomic E-state index is -4.51. The van der Waals surface area contributed by atoms with E-state index in [-0.39, 0.29) is 18.5 Å². The van der Waals surface area contributed by atoms with Gasteiger partial charge in [-0.15, -0.1) is 0 Å². The summed E-state index contributed by atoms with van der Waals surface area (Å²) < 4.78 is 38.7. The van der Waals surface area contributed by atoms with Gasteiger partial charge in [0.25, 0.3) is 0 Å². The molecule has 124 valence electrons. The van der Waals surface area contributed by atoms with Gasteiger partial charge in [-0.2, -0.15) is 23.4 Å². The van der Waals surface area contributed by atoms with Gasteiger partial charge >= 0.3 is 6.18 Å². The van der Waals surface area contributed by atoms with Crippen LogP contribution in [0.25, 0.3) is 0 Å². The van der Waals surface area contributed by atoms with Gasteiger partial charge in [0.15, 0.2) is 5.69 Å². The van der Waals surface area contributed by atoms with Gasteiger partial charge in [-0.3, -0.25) is 14.6 Å². The van der Waals surface area contributed by atoms with Crippen molar-refractivity contribution in [1.29, 1.82) is 0 Å². The fraction of sp³-hybridized carbons (Fsp3) is 0.538. The first-order valence-electron chi connectivity index (χ1n) is 7.20. The zero-order valence-corrected chi connectivity index (χ0v) is 12.1. The van der Waals surface area contributed by atoms with Gasteiger partial charge in [-0.05, 0) is 25.3 Å². The van der Waals surface area contributed by atoms with Crippen molar-refractivity contribution in [2.75, 3.05) is 6.54 Å². The van der Waals surface area contributed by atoms with E-state index in [0.717, 1.165) is 36.2 Å². The molecule has 1 saturated heterocycles. The maximum absolute atomic E-state index is 12.6. The molecule has 1 N–H and O–H groups in total. The van der Waals surface area contributed by atoms with E-state index >= 15 is 0 Å². The van der Waals surface area contributed by atoms with Crippen LogP contribution in [0, 0.1) is 0 Å². The number of alkyl halides is 3. The molecular weight excluding hydrogens is 313 g/mol. The molecule has 2 aromatic rings. The Labute approximate surface area is 129 Å². The number of hydrogen-bond acceptors (Lipinski definition) is 4. The second kappa shape index (κ2) is 6.01. The first-order chi connectivity index (χ1) is 10.9. The normalized spacial score (nSPS) is 19.1. The first-order valence-corrected chi connectivity index (χ1v) is 7.20. The number of amides is 1. The molecule has 1 fully saturated rings. The average molecular weight is 328 g/mol. The Morgan fingerprint density at radius 2 is 2.22 bits per heavy atom. The molecule has 0 radical (unpaired) electrons. The fourth-order valence-electron chi connectivity index (χ4n) is 2.72. The Morgan fingerprint density at radius 1 is 1.39 bits per heavy atom. The lowest BCUT2D eigenvalue weighted by atomic mass is 10.0. The Kier molecular flexibility index (Phi) is 4.05. The van der Waals surface area contributed by atoms with Crippen LogP contribution in [0.3, 0.4) is 0 Å². The monoisotopic (exact) mass is 328 g/mol. The number of likely N-dealkylation sites (tertiary alicyclic amines) is 1. The predicted molar refractivity (Wildman–Crippen MR) is 71.9 cm³/mol. The van der Waals surface area contributed by atoms with Crippen molar-refractivity contribution in [2.45, 2.75) is 38.0 Å². The van der Waals surface area contributed by atoms with Gasteiger partial charge < -0.3 is 4.90 Å². The maximum Gasteiger partial charge on any atom is 0.435 e. The quantitative estimate of drug-likeness (QED) is 0.931. The topological polar surface area (TPSA) is 79.7 Å². The predicted octanol–water partition coefficient (Wildman–Crippen LogP) is 1.77. The summed E-state index contributed by atoms with van der Waals surface area (Å²) in [6.45, 7) is 0.304. The van der Waals surface area contributed by atoms with E-state index in [1.807, 2.05) is 0 Å². The molecule has 0 saturated carbocycles. The SMILES string of the molecule is O=C(Cn1ccc(C(F)(F)F)n1)N1CCCC[C@H]1c1ncn[nH]1. The van der Waals surface area contributed by atoms with Crippen LogP contribution in [0.5, 0.6) is 0 Å². The summed E-state index contributed by atoms with van der Waals surface area (Å²) in [6.07, 6.45) is 0.567. The highest BCUT2D eigenvalue weighted by molar-refractivity contribution is 5.76. The third-order valence-corrected chi connectivity index (χ3v) is 3.80. The summed E-state index contributed by atoms with van der Waals surface area (Å²) in [5.41, 5.74) is -1.00. The molecule has 10 heteroatoms. The van der Waals surface area contributed by atoms with E-state index in [9.17, 15) is 18.0 Å². The number of carbonyl (C=O) groups excluding carboxylic acids is 1. The first kappa shape index (κ1) is 15.5. The van der Waals surface area contributed by atoms with Crippen molar-refractivity contribution in [3.8, 4) is 0 Å². The highest BCUT2D eigenvalue weighted by atomic mass is 19.4. The minimum Gasteiger partial charge on any atom is -0.331 e. The molecule has 1 atom stereocenters. The Hall–Kier alpha value is -2.39. The Balaban J connectivity index is 1.72. The Morgan fingerprint density at radius 3 is 2.87 bits per heavy atom. The number of carbonyl (C=O) groups is 1. The van der Waals surface area contributed by atoms with Gasteiger partial charge in [0.1, 0.15) is 18.7 Å². The summed E-state index contributed by atoms with van der Waals surface area (Å²) in [5, 5.41) is 9.95. The van der Waals surface area contributed by atoms with Crippen molar-refractivity contribution >= 4 is 5.91 Å². The van der Waals surface area contributed by atoms with Crippen molar-refractivity contribution in [2.24, 2.45) is 0 Å². The second-order valence-corrected chi connectivity index (χ2v) is 5.37. The van der Waals surface area contributed by atoms with E-state index in [1.165, 1.54) is 6.33 Å². The molecule has 0 unspecified atom stereocenters. The van der Waals surface area contributed by atoms with Crippen LogP contribution < -0.4 is 0 Å². The van der Waals surface area contributed by atoms with Crippen molar-refractivity contribution < 1.29 is 18.0 Å². The van der Waals surface area contributed by atoms with Gasteiger partial charge in [-0.25, -0.2) is 4.98 Å². The molecule has 7 nitrogen and oxygen atoms in total. The third-order valence-electron chi connectivity index (χ3n) is 3.80. The van der Waals surface area contributed by atoms with Crippen LogP contribution >= 0.6 is 0 Å². The molecule has 3 rings (SSSR count). The molecule has 0 bridgehead atoms. The van der Waals surface area contributed by atoms with Gasteiger partial charge in [0.05, 0.1) is 6.04 Å². The molecule has 1 amide bonds. The lowest BCUT2D eigenvalue weighted by Crippen LogP contribution is -2.40. The molecule has 0 aromatic carbocycles. The summed E-state index contributed by atoms with van der Waals surface area (Å²) in [4.78, 5) is 18.2. The number of aromatic amines is 1. The van der Waals surface area contributed by atoms with Crippen LogP contribution in [0.1, 0.15) is 36.8 Å². The van der Waals surface area contributed by atoms with Crippen LogP contribution in [0.4, 0.5) is 13.2 Å². The van der Waals surface area contributed by atoms with E-state index in [1.54, 1.807) is 4.90 Å². The van der Waals surface area contributed by atoms with E-state index in [0.29, 0.717) is 12.4 Å². The molecule has 2 aromatic heterocycles. The molecule has 1 aliphatic rings. The molecule has 3 heterocycles. The third kappa shape index (κ3) is 3.35. The van der Waals surface area contributed by atoms with Gasteiger partial charge in [0, 0.05) is 12.7 Å². The van der Waals surface area contributed by atoms with E-state index < -0.39 is 11.9 Å². The van der Waals surface area contributed by atoms with Crippen molar-refractivity contribution in [3.63, 3.8) is 0 Å². The second-order valence-electron chi connectivity index (χ2n) is 5.37. The van der Waals surface area contributed by atoms with E-state index in [2.05, 4.69) is 20.3 Å². The summed E-state index contributed by atoms with van der Waals surface area (Å²) >= 11 is 0. The molecule has 1 aliphatic heterocycles. The smallest absolute Gasteiger partial charge is 0.331 e. The number of halogens is 3. The molecule has 0 spiro atoms. The summed E-state index contributed by atoms with van der Waals surface area (Å²) in [7, 11) is 0. The zero-order valence-electron chi connectivity index (χ0n) is 12.1. The summed E-state index contributed by atoms with van der Waals surface area (Å²) in [6, 6.07) is 0.633. The number of piperidine rings is 1.